The van der Waals surface area contributed by atoms with Gasteiger partial charge >= 0.3 is 0 Å². The Morgan fingerprint density at radius 3 is 2.57 bits per heavy atom. The van der Waals surface area contributed by atoms with E-state index in [1.165, 1.54) is 6.42 Å². The average molecular weight is 329 g/mol. The molecule has 5 heteroatoms. The SMILES string of the molecule is CC1=C(C(=O)N2CCCCC2)C(c2ccccc2C)NC(=S)N1. The van der Waals surface area contributed by atoms with Gasteiger partial charge in [0.15, 0.2) is 5.11 Å². The molecule has 0 spiro atoms. The molecular formula is C18H23N3OS. The van der Waals surface area contributed by atoms with Crippen molar-refractivity contribution in [1.82, 2.24) is 15.5 Å². The third kappa shape index (κ3) is 3.24. The summed E-state index contributed by atoms with van der Waals surface area (Å²) in [5.41, 5.74) is 3.91. The van der Waals surface area contributed by atoms with Gasteiger partial charge < -0.3 is 15.5 Å². The number of likely N-dealkylation sites (tertiary alicyclic amines) is 1. The van der Waals surface area contributed by atoms with E-state index in [-0.39, 0.29) is 11.9 Å². The molecule has 23 heavy (non-hydrogen) atoms. The van der Waals surface area contributed by atoms with Crippen LogP contribution in [0.25, 0.3) is 0 Å². The van der Waals surface area contributed by atoms with E-state index in [0.29, 0.717) is 5.11 Å². The second-order valence-corrected chi connectivity index (χ2v) is 6.69. The summed E-state index contributed by atoms with van der Waals surface area (Å²) < 4.78 is 0. The number of hydrogen-bond donors (Lipinski definition) is 2. The lowest BCUT2D eigenvalue weighted by atomic mass is 9.91. The molecule has 3 rings (SSSR count). The van der Waals surface area contributed by atoms with Gasteiger partial charge in [-0.15, -0.1) is 0 Å². The predicted octanol–water partition coefficient (Wildman–Crippen LogP) is 2.80. The normalized spacial score (nSPS) is 21.7. The zero-order valence-electron chi connectivity index (χ0n) is 13.7. The lowest BCUT2D eigenvalue weighted by Crippen LogP contribution is -2.48. The van der Waals surface area contributed by atoms with Crippen molar-refractivity contribution in [2.45, 2.75) is 39.2 Å². The van der Waals surface area contributed by atoms with Crippen LogP contribution < -0.4 is 10.6 Å². The summed E-state index contributed by atoms with van der Waals surface area (Å²) in [4.78, 5) is 15.1. The summed E-state index contributed by atoms with van der Waals surface area (Å²) in [6.45, 7) is 5.71. The fourth-order valence-electron chi connectivity index (χ4n) is 3.39. The minimum Gasteiger partial charge on any atom is -0.351 e. The fraction of sp³-hybridized carbons (Fsp3) is 0.444. The highest BCUT2D eigenvalue weighted by molar-refractivity contribution is 7.80. The van der Waals surface area contributed by atoms with Gasteiger partial charge in [-0.25, -0.2) is 0 Å². The minimum absolute atomic E-state index is 0.123. The van der Waals surface area contributed by atoms with Crippen LogP contribution in [0.2, 0.25) is 0 Å². The van der Waals surface area contributed by atoms with Crippen molar-refractivity contribution in [3.63, 3.8) is 0 Å². The Hall–Kier alpha value is -1.88. The predicted molar refractivity (Wildman–Crippen MR) is 95.9 cm³/mol. The first-order valence-electron chi connectivity index (χ1n) is 8.21. The van der Waals surface area contributed by atoms with Crippen molar-refractivity contribution in [3.8, 4) is 0 Å². The van der Waals surface area contributed by atoms with Crippen LogP contribution in [0.1, 0.15) is 43.4 Å². The molecule has 1 saturated heterocycles. The molecule has 2 aliphatic rings. The Bertz CT molecular complexity index is 662. The second kappa shape index (κ2) is 6.71. The molecular weight excluding hydrogens is 306 g/mol. The number of nitrogens with zero attached hydrogens (tertiary/aromatic N) is 1. The lowest BCUT2D eigenvalue weighted by Gasteiger charge is -2.35. The summed E-state index contributed by atoms with van der Waals surface area (Å²) in [5.74, 6) is 0.123. The topological polar surface area (TPSA) is 44.4 Å². The Labute approximate surface area is 142 Å². The third-order valence-corrected chi connectivity index (χ3v) is 4.86. The average Bonchev–Trinajstić information content (AvgIpc) is 2.55. The van der Waals surface area contributed by atoms with Crippen molar-refractivity contribution in [2.24, 2.45) is 0 Å². The molecule has 0 aromatic heterocycles. The van der Waals surface area contributed by atoms with E-state index in [1.54, 1.807) is 0 Å². The molecule has 2 N–H and O–H groups in total. The molecule has 1 fully saturated rings. The molecule has 1 unspecified atom stereocenters. The molecule has 1 atom stereocenters. The van der Waals surface area contributed by atoms with Gasteiger partial charge in [0.05, 0.1) is 11.6 Å². The Morgan fingerprint density at radius 1 is 1.17 bits per heavy atom. The first kappa shape index (κ1) is 16.0. The van der Waals surface area contributed by atoms with E-state index >= 15 is 0 Å². The smallest absolute Gasteiger partial charge is 0.253 e. The van der Waals surface area contributed by atoms with Crippen molar-refractivity contribution in [3.05, 3.63) is 46.7 Å². The van der Waals surface area contributed by atoms with Crippen LogP contribution in [0.3, 0.4) is 0 Å². The summed E-state index contributed by atoms with van der Waals surface area (Å²) in [7, 11) is 0. The van der Waals surface area contributed by atoms with Crippen molar-refractivity contribution < 1.29 is 4.79 Å². The van der Waals surface area contributed by atoms with Crippen LogP contribution in [0, 0.1) is 6.92 Å². The van der Waals surface area contributed by atoms with Crippen molar-refractivity contribution >= 4 is 23.2 Å². The highest BCUT2D eigenvalue weighted by Gasteiger charge is 2.33. The van der Waals surface area contributed by atoms with Gasteiger partial charge in [-0.3, -0.25) is 4.79 Å². The second-order valence-electron chi connectivity index (χ2n) is 6.28. The Balaban J connectivity index is 1.99. The van der Waals surface area contributed by atoms with Gasteiger partial charge in [-0.2, -0.15) is 0 Å². The standard InChI is InChI=1S/C18H23N3OS/c1-12-8-4-5-9-14(12)16-15(13(2)19-18(23)20-16)17(22)21-10-6-3-7-11-21/h4-5,8-9,16H,3,6-7,10-11H2,1-2H3,(H2,19,20,23). The molecule has 0 radical (unpaired) electrons. The maximum Gasteiger partial charge on any atom is 0.253 e. The van der Waals surface area contributed by atoms with Gasteiger partial charge in [0.2, 0.25) is 0 Å². The Kier molecular flexibility index (Phi) is 4.66. The van der Waals surface area contributed by atoms with Crippen molar-refractivity contribution in [1.29, 1.82) is 0 Å². The van der Waals surface area contributed by atoms with Crippen LogP contribution in [-0.2, 0) is 4.79 Å². The number of allylic oxidation sites excluding steroid dienone is 1. The number of piperidine rings is 1. The molecule has 1 amide bonds. The van der Waals surface area contributed by atoms with E-state index in [9.17, 15) is 4.79 Å². The van der Waals surface area contributed by atoms with Crippen LogP contribution in [-0.4, -0.2) is 29.0 Å². The maximum absolute atomic E-state index is 13.1. The van der Waals surface area contributed by atoms with Crippen LogP contribution >= 0.6 is 12.2 Å². The molecule has 122 valence electrons. The highest BCUT2D eigenvalue weighted by atomic mass is 32.1. The minimum atomic E-state index is -0.181. The number of carbonyl (C=O) groups is 1. The quantitative estimate of drug-likeness (QED) is 0.819. The van der Waals surface area contributed by atoms with E-state index in [4.69, 9.17) is 12.2 Å². The Morgan fingerprint density at radius 2 is 1.87 bits per heavy atom. The number of thiocarbonyl (C=S) groups is 1. The molecule has 2 heterocycles. The van der Waals surface area contributed by atoms with Gasteiger partial charge in [0, 0.05) is 18.8 Å². The number of aryl methyl sites for hydroxylation is 1. The fourth-order valence-corrected chi connectivity index (χ4v) is 3.66. The summed E-state index contributed by atoms with van der Waals surface area (Å²) in [6.07, 6.45) is 3.39. The molecule has 0 aliphatic carbocycles. The first-order chi connectivity index (χ1) is 11.1. The van der Waals surface area contributed by atoms with Gasteiger partial charge in [0.1, 0.15) is 0 Å². The molecule has 1 aromatic carbocycles. The van der Waals surface area contributed by atoms with Gasteiger partial charge in [-0.1, -0.05) is 24.3 Å². The lowest BCUT2D eigenvalue weighted by molar-refractivity contribution is -0.128. The number of hydrogen-bond acceptors (Lipinski definition) is 2. The summed E-state index contributed by atoms with van der Waals surface area (Å²) >= 11 is 5.32. The van der Waals surface area contributed by atoms with E-state index in [1.807, 2.05) is 24.0 Å². The van der Waals surface area contributed by atoms with Crippen LogP contribution in [0.4, 0.5) is 0 Å². The maximum atomic E-state index is 13.1. The van der Waals surface area contributed by atoms with Gasteiger partial charge in [0.25, 0.3) is 5.91 Å². The number of carbonyl (C=O) groups excluding carboxylic acids is 1. The zero-order valence-corrected chi connectivity index (χ0v) is 14.5. The number of rotatable bonds is 2. The largest absolute Gasteiger partial charge is 0.351 e. The monoisotopic (exact) mass is 329 g/mol. The number of amides is 1. The van der Waals surface area contributed by atoms with Gasteiger partial charge in [-0.05, 0) is 56.5 Å². The molecule has 4 nitrogen and oxygen atoms in total. The molecule has 0 saturated carbocycles. The molecule has 1 aromatic rings. The van der Waals surface area contributed by atoms with E-state index in [2.05, 4.69) is 29.7 Å². The third-order valence-electron chi connectivity index (χ3n) is 4.64. The summed E-state index contributed by atoms with van der Waals surface area (Å²) in [6, 6.07) is 7.98. The summed E-state index contributed by atoms with van der Waals surface area (Å²) in [5, 5.41) is 6.98. The number of benzene rings is 1. The molecule has 0 bridgehead atoms. The van der Waals surface area contributed by atoms with E-state index < -0.39 is 0 Å². The van der Waals surface area contributed by atoms with Crippen LogP contribution in [0.5, 0.6) is 0 Å². The van der Waals surface area contributed by atoms with Crippen molar-refractivity contribution in [2.75, 3.05) is 13.1 Å². The van der Waals surface area contributed by atoms with Crippen LogP contribution in [0.15, 0.2) is 35.5 Å². The zero-order chi connectivity index (χ0) is 16.4. The molecule has 2 aliphatic heterocycles. The highest BCUT2D eigenvalue weighted by Crippen LogP contribution is 2.30. The van der Waals surface area contributed by atoms with E-state index in [0.717, 1.165) is 48.3 Å². The first-order valence-corrected chi connectivity index (χ1v) is 8.62. The number of nitrogens with one attached hydrogen (secondary N) is 2.